The number of ether oxygens (including phenoxy) is 3. The van der Waals surface area contributed by atoms with Crippen LogP contribution < -0.4 is 10.1 Å². The summed E-state index contributed by atoms with van der Waals surface area (Å²) in [6.45, 7) is 2.94. The Labute approximate surface area is 208 Å². The molecule has 0 saturated heterocycles. The number of hydrogen-bond donors (Lipinski definition) is 1. The number of nitrogens with zero attached hydrogens (tertiary/aromatic N) is 5. The Morgan fingerprint density at radius 2 is 2.17 bits per heavy atom. The second kappa shape index (κ2) is 11.0. The molecule has 10 nitrogen and oxygen atoms in total. The maximum Gasteiger partial charge on any atom is 0.248 e. The Balaban J connectivity index is 1.28. The molecule has 0 fully saturated rings. The topological polar surface area (TPSA) is 103 Å². The summed E-state index contributed by atoms with van der Waals surface area (Å²) in [5, 5.41) is 11.6. The number of aromatic nitrogens is 4. The van der Waals surface area contributed by atoms with Crippen molar-refractivity contribution in [3.05, 3.63) is 53.2 Å². The van der Waals surface area contributed by atoms with E-state index in [1.54, 1.807) is 30.1 Å². The number of anilines is 1. The smallest absolute Gasteiger partial charge is 0.248 e. The van der Waals surface area contributed by atoms with Gasteiger partial charge in [0, 0.05) is 56.1 Å². The third-order valence-corrected chi connectivity index (χ3v) is 6.49. The third kappa shape index (κ3) is 5.02. The minimum atomic E-state index is -0.268. The standard InChI is InChI=1S/C25H29FN6O4/c1-34-11-12-35-15-23(33)31-8-2-3-17(6-9-31)19-13-27-25(32-16-29-30-24(19)32)28-14-20-18-7-10-36-22(18)5-4-21(20)26/h3-5,13,16H,2,6-12,14-15H2,1H3,(H,27,28). The van der Waals surface area contributed by atoms with Gasteiger partial charge in [-0.1, -0.05) is 6.08 Å². The van der Waals surface area contributed by atoms with E-state index < -0.39 is 0 Å². The molecule has 0 spiro atoms. The number of fused-ring (bicyclic) bond motifs is 2. The fraction of sp³-hybridized carbons (Fsp3) is 0.440. The number of rotatable bonds is 9. The quantitative estimate of drug-likeness (QED) is 0.451. The monoisotopic (exact) mass is 496 g/mol. The largest absolute Gasteiger partial charge is 0.493 e. The van der Waals surface area contributed by atoms with Crippen LogP contribution in [0.4, 0.5) is 10.3 Å². The summed E-state index contributed by atoms with van der Waals surface area (Å²) in [7, 11) is 1.60. The number of benzene rings is 1. The molecule has 190 valence electrons. The molecule has 0 unspecified atom stereocenters. The van der Waals surface area contributed by atoms with Gasteiger partial charge in [-0.3, -0.25) is 9.20 Å². The van der Waals surface area contributed by atoms with Gasteiger partial charge >= 0.3 is 0 Å². The zero-order valence-electron chi connectivity index (χ0n) is 20.2. The molecule has 0 aliphatic carbocycles. The molecule has 2 aromatic heterocycles. The van der Waals surface area contributed by atoms with Crippen molar-refractivity contribution >= 4 is 23.1 Å². The second-order valence-corrected chi connectivity index (χ2v) is 8.67. The van der Waals surface area contributed by atoms with Crippen LogP contribution in [0.2, 0.25) is 0 Å². The Kier molecular flexibility index (Phi) is 7.38. The third-order valence-electron chi connectivity index (χ3n) is 6.49. The van der Waals surface area contributed by atoms with Crippen molar-refractivity contribution in [2.24, 2.45) is 0 Å². The first-order valence-corrected chi connectivity index (χ1v) is 12.0. The molecule has 1 aromatic carbocycles. The molecule has 11 heteroatoms. The normalized spacial score (nSPS) is 15.4. The van der Waals surface area contributed by atoms with Gasteiger partial charge in [0.1, 0.15) is 24.5 Å². The van der Waals surface area contributed by atoms with Crippen molar-refractivity contribution in [1.82, 2.24) is 24.5 Å². The number of carbonyl (C=O) groups is 1. The van der Waals surface area contributed by atoms with Gasteiger partial charge in [-0.15, -0.1) is 10.2 Å². The van der Waals surface area contributed by atoms with Crippen LogP contribution in [0.25, 0.3) is 11.2 Å². The fourth-order valence-electron chi connectivity index (χ4n) is 4.60. The van der Waals surface area contributed by atoms with Crippen LogP contribution >= 0.6 is 0 Å². The number of amides is 1. The lowest BCUT2D eigenvalue weighted by Gasteiger charge is -2.20. The van der Waals surface area contributed by atoms with E-state index in [2.05, 4.69) is 26.6 Å². The van der Waals surface area contributed by atoms with E-state index in [1.807, 2.05) is 4.90 Å². The molecular weight excluding hydrogens is 467 g/mol. The summed E-state index contributed by atoms with van der Waals surface area (Å²) in [5.41, 5.74) is 4.06. The van der Waals surface area contributed by atoms with E-state index in [1.165, 1.54) is 6.07 Å². The minimum Gasteiger partial charge on any atom is -0.493 e. The maximum atomic E-state index is 14.5. The molecule has 4 heterocycles. The zero-order chi connectivity index (χ0) is 24.9. The molecular formula is C25H29FN6O4. The van der Waals surface area contributed by atoms with Crippen molar-refractivity contribution < 1.29 is 23.4 Å². The first kappa shape index (κ1) is 24.1. The van der Waals surface area contributed by atoms with E-state index in [-0.39, 0.29) is 24.9 Å². The van der Waals surface area contributed by atoms with E-state index in [9.17, 15) is 9.18 Å². The van der Waals surface area contributed by atoms with Crippen LogP contribution in [0, 0.1) is 5.82 Å². The molecule has 0 saturated carbocycles. The molecule has 0 atom stereocenters. The summed E-state index contributed by atoms with van der Waals surface area (Å²) in [4.78, 5) is 18.9. The lowest BCUT2D eigenvalue weighted by Crippen LogP contribution is -2.35. The Morgan fingerprint density at radius 1 is 1.25 bits per heavy atom. The Morgan fingerprint density at radius 3 is 3.06 bits per heavy atom. The molecule has 5 rings (SSSR count). The van der Waals surface area contributed by atoms with Gasteiger partial charge < -0.3 is 24.4 Å². The van der Waals surface area contributed by atoms with Gasteiger partial charge in [0.2, 0.25) is 11.9 Å². The Bertz CT molecular complexity index is 1280. The van der Waals surface area contributed by atoms with Crippen molar-refractivity contribution in [3.63, 3.8) is 0 Å². The lowest BCUT2D eigenvalue weighted by atomic mass is 10.0. The van der Waals surface area contributed by atoms with Crippen molar-refractivity contribution in [3.8, 4) is 5.75 Å². The predicted octanol–water partition coefficient (Wildman–Crippen LogP) is 2.48. The number of carbonyl (C=O) groups excluding carboxylic acids is 1. The van der Waals surface area contributed by atoms with Crippen LogP contribution in [-0.4, -0.2) is 77.0 Å². The average molecular weight is 497 g/mol. The van der Waals surface area contributed by atoms with Gasteiger partial charge in [-0.2, -0.15) is 0 Å². The SMILES string of the molecule is COCCOCC(=O)N1CCC=C(c2cnc(NCc3c(F)ccc4c3CCO4)n3cnnc23)CC1. The second-order valence-electron chi connectivity index (χ2n) is 8.67. The zero-order valence-corrected chi connectivity index (χ0v) is 20.2. The summed E-state index contributed by atoms with van der Waals surface area (Å²) in [6, 6.07) is 3.11. The molecule has 2 aliphatic rings. The first-order valence-electron chi connectivity index (χ1n) is 12.0. The van der Waals surface area contributed by atoms with Gasteiger partial charge in [-0.05, 0) is 30.5 Å². The van der Waals surface area contributed by atoms with Crippen molar-refractivity contribution in [1.29, 1.82) is 0 Å². The molecule has 0 bridgehead atoms. The van der Waals surface area contributed by atoms with Gasteiger partial charge in [-0.25, -0.2) is 9.37 Å². The van der Waals surface area contributed by atoms with E-state index in [0.29, 0.717) is 62.9 Å². The van der Waals surface area contributed by atoms with Crippen molar-refractivity contribution in [2.45, 2.75) is 25.8 Å². The van der Waals surface area contributed by atoms with Gasteiger partial charge in [0.15, 0.2) is 5.65 Å². The number of nitrogens with one attached hydrogen (secondary N) is 1. The molecule has 1 amide bonds. The van der Waals surface area contributed by atoms with Crippen LogP contribution in [0.5, 0.6) is 5.75 Å². The highest BCUT2D eigenvalue weighted by Crippen LogP contribution is 2.31. The summed E-state index contributed by atoms with van der Waals surface area (Å²) < 4.78 is 32.2. The molecule has 3 aromatic rings. The van der Waals surface area contributed by atoms with Gasteiger partial charge in [0.05, 0.1) is 19.8 Å². The summed E-state index contributed by atoms with van der Waals surface area (Å²) >= 11 is 0. The van der Waals surface area contributed by atoms with E-state index in [4.69, 9.17) is 14.2 Å². The average Bonchev–Trinajstić information content (AvgIpc) is 3.51. The van der Waals surface area contributed by atoms with Gasteiger partial charge in [0.25, 0.3) is 0 Å². The molecule has 1 N–H and O–H groups in total. The highest BCUT2D eigenvalue weighted by molar-refractivity contribution is 5.80. The van der Waals surface area contributed by atoms with Crippen LogP contribution in [0.1, 0.15) is 29.5 Å². The number of methoxy groups -OCH3 is 1. The fourth-order valence-corrected chi connectivity index (χ4v) is 4.60. The Hall–Kier alpha value is -3.57. The predicted molar refractivity (Wildman–Crippen MR) is 130 cm³/mol. The molecule has 36 heavy (non-hydrogen) atoms. The van der Waals surface area contributed by atoms with Crippen LogP contribution in [0.3, 0.4) is 0 Å². The maximum absolute atomic E-state index is 14.5. The number of hydrogen-bond acceptors (Lipinski definition) is 8. The van der Waals surface area contributed by atoms with E-state index in [0.717, 1.165) is 28.9 Å². The minimum absolute atomic E-state index is 0.0314. The summed E-state index contributed by atoms with van der Waals surface area (Å²) in [5.74, 6) is 0.959. The first-order chi connectivity index (χ1) is 17.7. The van der Waals surface area contributed by atoms with E-state index >= 15 is 0 Å². The van der Waals surface area contributed by atoms with Crippen molar-refractivity contribution in [2.75, 3.05) is 51.9 Å². The number of halogens is 1. The lowest BCUT2D eigenvalue weighted by molar-refractivity contribution is -0.136. The van der Waals surface area contributed by atoms with Crippen LogP contribution in [-0.2, 0) is 27.2 Å². The highest BCUT2D eigenvalue weighted by Gasteiger charge is 2.22. The van der Waals surface area contributed by atoms with Crippen LogP contribution in [0.15, 0.2) is 30.7 Å². The molecule has 2 aliphatic heterocycles. The molecule has 0 radical (unpaired) electrons. The summed E-state index contributed by atoms with van der Waals surface area (Å²) in [6.07, 6.45) is 7.56. The highest BCUT2D eigenvalue weighted by atomic mass is 19.1.